The molecule has 3 aromatic carbocycles. The summed E-state index contributed by atoms with van der Waals surface area (Å²) in [7, 11) is 0. The highest BCUT2D eigenvalue weighted by Gasteiger charge is 2.31. The van der Waals surface area contributed by atoms with Gasteiger partial charge in [0.05, 0.1) is 6.17 Å². The summed E-state index contributed by atoms with van der Waals surface area (Å²) < 4.78 is 13.4. The molecule has 156 valence electrons. The van der Waals surface area contributed by atoms with E-state index in [-0.39, 0.29) is 12.0 Å². The molecule has 4 heteroatoms. The van der Waals surface area contributed by atoms with Crippen molar-refractivity contribution in [2.24, 2.45) is 0 Å². The second kappa shape index (κ2) is 9.74. The van der Waals surface area contributed by atoms with Crippen LogP contribution >= 0.6 is 11.6 Å². The molecule has 1 heterocycles. The van der Waals surface area contributed by atoms with E-state index in [1.165, 1.54) is 11.1 Å². The summed E-state index contributed by atoms with van der Waals surface area (Å²) in [4.78, 5) is 5.00. The van der Waals surface area contributed by atoms with Crippen molar-refractivity contribution in [1.29, 1.82) is 0 Å². The summed E-state index contributed by atoms with van der Waals surface area (Å²) in [6.07, 6.45) is 2.29. The Morgan fingerprint density at radius 2 is 1.47 bits per heavy atom. The maximum absolute atomic E-state index is 13.4. The number of halogens is 2. The van der Waals surface area contributed by atoms with Crippen molar-refractivity contribution >= 4 is 11.6 Å². The molecule has 3 aromatic rings. The molecule has 1 atom stereocenters. The Labute approximate surface area is 183 Å². The second-order valence-electron chi connectivity index (χ2n) is 7.98. The molecule has 1 fully saturated rings. The summed E-state index contributed by atoms with van der Waals surface area (Å²) in [5.74, 6) is -0.190. The van der Waals surface area contributed by atoms with Crippen LogP contribution < -0.4 is 0 Å². The Kier molecular flexibility index (Phi) is 6.83. The van der Waals surface area contributed by atoms with E-state index < -0.39 is 0 Å². The van der Waals surface area contributed by atoms with Crippen molar-refractivity contribution in [3.05, 3.63) is 106 Å². The quantitative estimate of drug-likeness (QED) is 0.450. The molecule has 0 bridgehead atoms. The molecule has 0 amide bonds. The third kappa shape index (κ3) is 4.92. The first-order chi connectivity index (χ1) is 14.6. The van der Waals surface area contributed by atoms with Crippen LogP contribution in [0.15, 0.2) is 72.8 Å². The molecule has 1 saturated heterocycles. The Morgan fingerprint density at radius 3 is 2.13 bits per heavy atom. The van der Waals surface area contributed by atoms with Gasteiger partial charge in [-0.1, -0.05) is 73.1 Å². The van der Waals surface area contributed by atoms with Gasteiger partial charge in [0.2, 0.25) is 0 Å². The van der Waals surface area contributed by atoms with Gasteiger partial charge in [0.25, 0.3) is 0 Å². The van der Waals surface area contributed by atoms with Gasteiger partial charge >= 0.3 is 0 Å². The van der Waals surface area contributed by atoms with E-state index in [9.17, 15) is 4.39 Å². The second-order valence-corrected chi connectivity index (χ2v) is 8.39. The van der Waals surface area contributed by atoms with Crippen molar-refractivity contribution in [1.82, 2.24) is 9.80 Å². The molecular formula is C26H28ClFN2. The molecular weight excluding hydrogens is 395 g/mol. The van der Waals surface area contributed by atoms with E-state index >= 15 is 0 Å². The van der Waals surface area contributed by atoms with Crippen molar-refractivity contribution in [3.63, 3.8) is 0 Å². The molecule has 0 N–H and O–H groups in total. The van der Waals surface area contributed by atoms with Gasteiger partial charge in [-0.2, -0.15) is 0 Å². The van der Waals surface area contributed by atoms with E-state index in [4.69, 9.17) is 11.6 Å². The minimum atomic E-state index is -0.190. The van der Waals surface area contributed by atoms with Gasteiger partial charge in [-0.3, -0.25) is 9.80 Å². The van der Waals surface area contributed by atoms with E-state index in [1.54, 1.807) is 12.1 Å². The van der Waals surface area contributed by atoms with E-state index in [1.807, 2.05) is 30.3 Å². The van der Waals surface area contributed by atoms with Crippen LogP contribution in [0.25, 0.3) is 0 Å². The standard InChI is InChI=1S/C26H28ClFN2/c1-2-20-8-12-22(13-9-20)26-29(18-21-10-14-24(28)15-11-21)16-5-17-30(26)19-23-6-3-4-7-25(23)27/h3-4,6-15,26H,2,5,16-19H2,1H3/t26-/m0/s1. The molecule has 0 unspecified atom stereocenters. The van der Waals surface area contributed by atoms with Gasteiger partial charge in [0.1, 0.15) is 5.82 Å². The summed E-state index contributed by atoms with van der Waals surface area (Å²) in [5, 5.41) is 0.813. The lowest BCUT2D eigenvalue weighted by Crippen LogP contribution is -2.46. The molecule has 1 aliphatic heterocycles. The predicted molar refractivity (Wildman–Crippen MR) is 122 cm³/mol. The highest BCUT2D eigenvalue weighted by atomic mass is 35.5. The zero-order valence-electron chi connectivity index (χ0n) is 17.4. The topological polar surface area (TPSA) is 6.48 Å². The van der Waals surface area contributed by atoms with Crippen LogP contribution in [0.3, 0.4) is 0 Å². The molecule has 0 saturated carbocycles. The maximum Gasteiger partial charge on any atom is 0.123 e. The average Bonchev–Trinajstić information content (AvgIpc) is 2.77. The van der Waals surface area contributed by atoms with Crippen molar-refractivity contribution < 1.29 is 4.39 Å². The van der Waals surface area contributed by atoms with Gasteiger partial charge in [-0.15, -0.1) is 0 Å². The Balaban J connectivity index is 1.64. The maximum atomic E-state index is 13.4. The molecule has 0 spiro atoms. The number of aryl methyl sites for hydroxylation is 1. The summed E-state index contributed by atoms with van der Waals surface area (Å²) in [6, 6.07) is 23.9. The predicted octanol–water partition coefficient (Wildman–Crippen LogP) is 6.45. The normalized spacial score (nSPS) is 17.9. The van der Waals surface area contributed by atoms with Crippen molar-refractivity contribution in [3.8, 4) is 0 Å². The summed E-state index contributed by atoms with van der Waals surface area (Å²) in [5.41, 5.74) is 4.92. The molecule has 2 nitrogen and oxygen atoms in total. The molecule has 1 aliphatic rings. The molecule has 0 aromatic heterocycles. The van der Waals surface area contributed by atoms with Gasteiger partial charge in [0.15, 0.2) is 0 Å². The minimum Gasteiger partial charge on any atom is -0.280 e. The number of hydrogen-bond donors (Lipinski definition) is 0. The van der Waals surface area contributed by atoms with Crippen LogP contribution in [0, 0.1) is 5.82 Å². The summed E-state index contributed by atoms with van der Waals surface area (Å²) >= 11 is 6.48. The van der Waals surface area contributed by atoms with Crippen molar-refractivity contribution in [2.45, 2.75) is 39.0 Å². The van der Waals surface area contributed by atoms with Gasteiger partial charge in [-0.25, -0.2) is 4.39 Å². The number of hydrogen-bond acceptors (Lipinski definition) is 2. The first-order valence-corrected chi connectivity index (χ1v) is 11.1. The number of benzene rings is 3. The smallest absolute Gasteiger partial charge is 0.123 e. The highest BCUT2D eigenvalue weighted by molar-refractivity contribution is 6.31. The third-order valence-electron chi connectivity index (χ3n) is 5.90. The largest absolute Gasteiger partial charge is 0.280 e. The minimum absolute atomic E-state index is 0.158. The van der Waals surface area contributed by atoms with Crippen LogP contribution in [0.4, 0.5) is 4.39 Å². The lowest BCUT2D eigenvalue weighted by Gasteiger charge is -2.44. The highest BCUT2D eigenvalue weighted by Crippen LogP contribution is 2.33. The fourth-order valence-corrected chi connectivity index (χ4v) is 4.50. The van der Waals surface area contributed by atoms with Gasteiger partial charge in [0, 0.05) is 31.2 Å². The third-order valence-corrected chi connectivity index (χ3v) is 6.27. The molecule has 0 aliphatic carbocycles. The Bertz CT molecular complexity index is 956. The van der Waals surface area contributed by atoms with E-state index in [0.717, 1.165) is 55.2 Å². The molecule has 4 rings (SSSR count). The first-order valence-electron chi connectivity index (χ1n) is 10.7. The number of nitrogens with zero attached hydrogens (tertiary/aromatic N) is 2. The van der Waals surface area contributed by atoms with Crippen molar-refractivity contribution in [2.75, 3.05) is 13.1 Å². The van der Waals surface area contributed by atoms with Gasteiger partial charge < -0.3 is 0 Å². The Morgan fingerprint density at radius 1 is 0.833 bits per heavy atom. The summed E-state index contributed by atoms with van der Waals surface area (Å²) in [6.45, 7) is 5.81. The van der Waals surface area contributed by atoms with E-state index in [2.05, 4.69) is 47.1 Å². The molecule has 30 heavy (non-hydrogen) atoms. The lowest BCUT2D eigenvalue weighted by atomic mass is 10.0. The first kappa shape index (κ1) is 21.0. The average molecular weight is 423 g/mol. The SMILES string of the molecule is CCc1ccc([C@H]2N(Cc3ccc(F)cc3)CCCN2Cc2ccccc2Cl)cc1. The van der Waals surface area contributed by atoms with Crippen LogP contribution in [-0.2, 0) is 19.5 Å². The van der Waals surface area contributed by atoms with Crippen LogP contribution in [0.2, 0.25) is 5.02 Å². The lowest BCUT2D eigenvalue weighted by molar-refractivity contribution is -0.00908. The van der Waals surface area contributed by atoms with Crippen LogP contribution in [0.5, 0.6) is 0 Å². The number of rotatable bonds is 6. The monoisotopic (exact) mass is 422 g/mol. The van der Waals surface area contributed by atoms with Gasteiger partial charge in [-0.05, 0) is 53.3 Å². The zero-order chi connectivity index (χ0) is 20.9. The molecule has 0 radical (unpaired) electrons. The van der Waals surface area contributed by atoms with E-state index in [0.29, 0.717) is 0 Å². The zero-order valence-corrected chi connectivity index (χ0v) is 18.2. The van der Waals surface area contributed by atoms with Crippen LogP contribution in [-0.4, -0.2) is 22.9 Å². The fourth-order valence-electron chi connectivity index (χ4n) is 4.30. The Hall–Kier alpha value is -2.20. The van der Waals surface area contributed by atoms with Crippen LogP contribution in [0.1, 0.15) is 41.8 Å². The fraction of sp³-hybridized carbons (Fsp3) is 0.308.